The zero-order valence-electron chi connectivity index (χ0n) is 17.8. The van der Waals surface area contributed by atoms with Gasteiger partial charge >= 0.3 is 6.09 Å². The highest BCUT2D eigenvalue weighted by Crippen LogP contribution is 2.47. The normalized spacial score (nSPS) is 23.5. The predicted molar refractivity (Wildman–Crippen MR) is 113 cm³/mol. The van der Waals surface area contributed by atoms with Crippen LogP contribution < -0.4 is 9.64 Å². The van der Waals surface area contributed by atoms with Gasteiger partial charge in [0.25, 0.3) is 5.92 Å². The summed E-state index contributed by atoms with van der Waals surface area (Å²) in [6, 6.07) is 3.29. The van der Waals surface area contributed by atoms with Gasteiger partial charge in [0.2, 0.25) is 0 Å². The van der Waals surface area contributed by atoms with Crippen molar-refractivity contribution in [2.75, 3.05) is 25.9 Å². The Morgan fingerprint density at radius 2 is 2.09 bits per heavy atom. The standard InChI is InChI=1S/C21H22ClF3N4O4/c1-28(11-5-12-9-21(24,25)18(6-11)29(12)20(30)31)19-4-3-16(26-27-19)13-7-15(23)14(22)8-17(13)33-10-32-2/h3-4,7-8,11-12,18H,5-6,9-10H2,1-2H3,(H,30,31)/t11-,12+,18-/m1/s1. The van der Waals surface area contributed by atoms with Gasteiger partial charge in [-0.3, -0.25) is 4.90 Å². The minimum Gasteiger partial charge on any atom is -0.467 e. The van der Waals surface area contributed by atoms with Crippen molar-refractivity contribution in [3.8, 4) is 17.0 Å². The second-order valence-corrected chi connectivity index (χ2v) is 8.56. The van der Waals surface area contributed by atoms with Crippen molar-refractivity contribution in [2.24, 2.45) is 0 Å². The van der Waals surface area contributed by atoms with Crippen LogP contribution in [-0.2, 0) is 4.74 Å². The number of hydrogen-bond acceptors (Lipinski definition) is 6. The number of anilines is 1. The van der Waals surface area contributed by atoms with E-state index in [2.05, 4.69) is 10.2 Å². The molecule has 0 aliphatic carbocycles. The molecule has 2 aromatic rings. The summed E-state index contributed by atoms with van der Waals surface area (Å²) in [6.45, 7) is -0.0782. The Hall–Kier alpha value is -2.79. The van der Waals surface area contributed by atoms with Gasteiger partial charge in [-0.2, -0.15) is 0 Å². The Labute approximate surface area is 192 Å². The number of ether oxygens (including phenoxy) is 2. The SMILES string of the molecule is COCOc1cc(Cl)c(F)cc1-c1ccc(N(C)[C@@H]2C[C@H]3CC(F)(F)[C@@H](C2)N3C(=O)O)nn1. The second-order valence-electron chi connectivity index (χ2n) is 8.15. The molecule has 2 aliphatic rings. The van der Waals surface area contributed by atoms with Gasteiger partial charge in [-0.05, 0) is 31.0 Å². The molecule has 33 heavy (non-hydrogen) atoms. The van der Waals surface area contributed by atoms with Crippen LogP contribution in [0.15, 0.2) is 24.3 Å². The lowest BCUT2D eigenvalue weighted by molar-refractivity contribution is -0.0363. The van der Waals surface area contributed by atoms with Gasteiger partial charge in [-0.25, -0.2) is 18.0 Å². The number of aromatic nitrogens is 2. The molecule has 0 saturated carbocycles. The molecule has 4 rings (SSSR count). The molecule has 0 spiro atoms. The fourth-order valence-corrected chi connectivity index (χ4v) is 4.73. The average molecular weight is 487 g/mol. The van der Waals surface area contributed by atoms with Crippen LogP contribution in [0.2, 0.25) is 5.02 Å². The van der Waals surface area contributed by atoms with Gasteiger partial charge in [0, 0.05) is 44.3 Å². The molecule has 2 aliphatic heterocycles. The topological polar surface area (TPSA) is 88.0 Å². The van der Waals surface area contributed by atoms with Crippen molar-refractivity contribution in [3.05, 3.63) is 35.1 Å². The van der Waals surface area contributed by atoms with Crippen LogP contribution in [0.25, 0.3) is 11.3 Å². The third kappa shape index (κ3) is 4.39. The van der Waals surface area contributed by atoms with E-state index in [1.54, 1.807) is 24.1 Å². The third-order valence-electron chi connectivity index (χ3n) is 6.18. The maximum absolute atomic E-state index is 14.4. The number of nitrogens with zero attached hydrogens (tertiary/aromatic N) is 4. The molecule has 1 aromatic carbocycles. The molecule has 3 heterocycles. The quantitative estimate of drug-likeness (QED) is 0.610. The van der Waals surface area contributed by atoms with Crippen LogP contribution in [0.4, 0.5) is 23.8 Å². The molecular weight excluding hydrogens is 465 g/mol. The first-order valence-electron chi connectivity index (χ1n) is 10.2. The fourth-order valence-electron chi connectivity index (χ4n) is 4.58. The summed E-state index contributed by atoms with van der Waals surface area (Å²) in [4.78, 5) is 14.1. The number of alkyl halides is 2. The number of carbonyl (C=O) groups is 1. The Bertz CT molecular complexity index is 1040. The lowest BCUT2D eigenvalue weighted by atomic mass is 9.96. The molecule has 1 amide bonds. The van der Waals surface area contributed by atoms with E-state index in [1.165, 1.54) is 19.2 Å². The second kappa shape index (κ2) is 8.86. The molecule has 1 N–H and O–H groups in total. The van der Waals surface area contributed by atoms with Gasteiger partial charge in [0.05, 0.1) is 10.7 Å². The van der Waals surface area contributed by atoms with Crippen molar-refractivity contribution in [2.45, 2.75) is 43.3 Å². The lowest BCUT2D eigenvalue weighted by Gasteiger charge is -2.41. The first kappa shape index (κ1) is 23.4. The number of halogens is 4. The molecule has 2 bridgehead atoms. The highest BCUT2D eigenvalue weighted by Gasteiger charge is 2.59. The minimum absolute atomic E-state index is 0.0207. The van der Waals surface area contributed by atoms with Gasteiger partial charge in [-0.15, -0.1) is 10.2 Å². The Morgan fingerprint density at radius 1 is 1.33 bits per heavy atom. The van der Waals surface area contributed by atoms with E-state index in [-0.39, 0.29) is 36.4 Å². The van der Waals surface area contributed by atoms with Gasteiger partial charge in [0.15, 0.2) is 12.6 Å². The predicted octanol–water partition coefficient (Wildman–Crippen LogP) is 4.27. The molecule has 0 unspecified atom stereocenters. The van der Waals surface area contributed by atoms with Crippen molar-refractivity contribution >= 4 is 23.5 Å². The van der Waals surface area contributed by atoms with Crippen LogP contribution in [0.1, 0.15) is 19.3 Å². The van der Waals surface area contributed by atoms with Gasteiger partial charge < -0.3 is 19.5 Å². The molecule has 2 fully saturated rings. The number of methoxy groups -OCH3 is 1. The summed E-state index contributed by atoms with van der Waals surface area (Å²) in [6.07, 6.45) is -1.57. The van der Waals surface area contributed by atoms with Crippen LogP contribution in [0.3, 0.4) is 0 Å². The maximum atomic E-state index is 14.4. The summed E-state index contributed by atoms with van der Waals surface area (Å²) in [5, 5.41) is 17.6. The van der Waals surface area contributed by atoms with E-state index in [0.29, 0.717) is 17.1 Å². The molecule has 0 radical (unpaired) electrons. The number of amides is 1. The van der Waals surface area contributed by atoms with Crippen LogP contribution in [-0.4, -0.2) is 71.3 Å². The highest BCUT2D eigenvalue weighted by molar-refractivity contribution is 6.31. The number of rotatable bonds is 6. The number of hydrogen-bond donors (Lipinski definition) is 1. The van der Waals surface area contributed by atoms with Crippen molar-refractivity contribution in [1.29, 1.82) is 0 Å². The van der Waals surface area contributed by atoms with E-state index in [1.807, 2.05) is 0 Å². The molecular formula is C21H22ClF3N4O4. The fraction of sp³-hybridized carbons (Fsp3) is 0.476. The third-order valence-corrected chi connectivity index (χ3v) is 6.46. The Kier molecular flexibility index (Phi) is 6.28. The summed E-state index contributed by atoms with van der Waals surface area (Å²) in [5.74, 6) is -3.03. The first-order chi connectivity index (χ1) is 15.6. The van der Waals surface area contributed by atoms with Gasteiger partial charge in [0.1, 0.15) is 17.6 Å². The summed E-state index contributed by atoms with van der Waals surface area (Å²) >= 11 is 5.85. The first-order valence-corrected chi connectivity index (χ1v) is 10.6. The molecule has 1 aromatic heterocycles. The lowest BCUT2D eigenvalue weighted by Crippen LogP contribution is -2.54. The zero-order valence-corrected chi connectivity index (χ0v) is 18.6. The van der Waals surface area contributed by atoms with Crippen molar-refractivity contribution < 1.29 is 32.5 Å². The van der Waals surface area contributed by atoms with E-state index < -0.39 is 36.3 Å². The van der Waals surface area contributed by atoms with E-state index in [9.17, 15) is 23.1 Å². The number of piperidine rings is 1. The Morgan fingerprint density at radius 3 is 2.70 bits per heavy atom. The molecule has 8 nitrogen and oxygen atoms in total. The van der Waals surface area contributed by atoms with Crippen molar-refractivity contribution in [1.82, 2.24) is 15.1 Å². The van der Waals surface area contributed by atoms with Crippen LogP contribution in [0, 0.1) is 5.82 Å². The van der Waals surface area contributed by atoms with Crippen LogP contribution >= 0.6 is 11.6 Å². The number of carboxylic acid groups (broad SMARTS) is 1. The zero-order chi connectivity index (χ0) is 23.9. The van der Waals surface area contributed by atoms with Crippen molar-refractivity contribution in [3.63, 3.8) is 0 Å². The maximum Gasteiger partial charge on any atom is 0.408 e. The molecule has 3 atom stereocenters. The summed E-state index contributed by atoms with van der Waals surface area (Å²) < 4.78 is 53.1. The largest absolute Gasteiger partial charge is 0.467 e. The van der Waals surface area contributed by atoms with E-state index in [0.717, 1.165) is 4.90 Å². The van der Waals surface area contributed by atoms with Crippen LogP contribution in [0.5, 0.6) is 5.75 Å². The summed E-state index contributed by atoms with van der Waals surface area (Å²) in [7, 11) is 3.15. The smallest absolute Gasteiger partial charge is 0.408 e. The monoisotopic (exact) mass is 486 g/mol. The minimum atomic E-state index is -3.06. The number of fused-ring (bicyclic) bond motifs is 2. The highest BCUT2D eigenvalue weighted by atomic mass is 35.5. The Balaban J connectivity index is 1.55. The van der Waals surface area contributed by atoms with E-state index >= 15 is 0 Å². The molecule has 178 valence electrons. The molecule has 12 heteroatoms. The summed E-state index contributed by atoms with van der Waals surface area (Å²) in [5.41, 5.74) is 0.643. The average Bonchev–Trinajstić information content (AvgIpc) is 2.94. The molecule has 2 saturated heterocycles. The van der Waals surface area contributed by atoms with E-state index in [4.69, 9.17) is 21.1 Å². The number of benzene rings is 1. The van der Waals surface area contributed by atoms with Gasteiger partial charge in [-0.1, -0.05) is 11.6 Å².